The minimum Gasteiger partial charge on any atom is -0.458 e. The zero-order valence-corrected chi connectivity index (χ0v) is 7.81. The van der Waals surface area contributed by atoms with Crippen LogP contribution >= 0.6 is 0 Å². The molecule has 0 saturated carbocycles. The van der Waals surface area contributed by atoms with Crippen LogP contribution in [0.5, 0.6) is 5.75 Å². The molecule has 1 aromatic rings. The van der Waals surface area contributed by atoms with Crippen molar-refractivity contribution in [1.29, 1.82) is 0 Å². The SMILES string of the molecule is C=C1/C=C\C=NCc2ccccc2O1. The molecule has 2 nitrogen and oxygen atoms in total. The monoisotopic (exact) mass is 185 g/mol. The third kappa shape index (κ3) is 1.91. The first kappa shape index (κ1) is 8.75. The maximum atomic E-state index is 5.56. The lowest BCUT2D eigenvalue weighted by Crippen LogP contribution is -1.93. The second-order valence-corrected chi connectivity index (χ2v) is 3.02. The number of para-hydroxylation sites is 1. The molecule has 0 bridgehead atoms. The second kappa shape index (κ2) is 3.92. The maximum Gasteiger partial charge on any atom is 0.132 e. The third-order valence-electron chi connectivity index (χ3n) is 1.95. The lowest BCUT2D eigenvalue weighted by Gasteiger charge is -2.08. The van der Waals surface area contributed by atoms with Crippen LogP contribution in [0.25, 0.3) is 0 Å². The van der Waals surface area contributed by atoms with Crippen molar-refractivity contribution in [2.45, 2.75) is 6.54 Å². The van der Waals surface area contributed by atoms with Crippen LogP contribution in [0, 0.1) is 0 Å². The Labute approximate surface area is 83.2 Å². The van der Waals surface area contributed by atoms with Gasteiger partial charge in [0.05, 0.1) is 6.54 Å². The van der Waals surface area contributed by atoms with Gasteiger partial charge in [-0.2, -0.15) is 0 Å². The van der Waals surface area contributed by atoms with E-state index in [2.05, 4.69) is 11.6 Å². The van der Waals surface area contributed by atoms with Crippen LogP contribution in [0.15, 0.2) is 53.7 Å². The summed E-state index contributed by atoms with van der Waals surface area (Å²) in [6.07, 6.45) is 5.39. The molecule has 0 fully saturated rings. The number of aliphatic imine (C=N–C) groups is 1. The molecule has 1 aliphatic rings. The molecular weight excluding hydrogens is 174 g/mol. The highest BCUT2D eigenvalue weighted by molar-refractivity contribution is 5.72. The van der Waals surface area contributed by atoms with Gasteiger partial charge in [0.15, 0.2) is 0 Å². The van der Waals surface area contributed by atoms with Crippen molar-refractivity contribution < 1.29 is 4.74 Å². The summed E-state index contributed by atoms with van der Waals surface area (Å²) in [7, 11) is 0. The van der Waals surface area contributed by atoms with Crippen molar-refractivity contribution in [2.75, 3.05) is 0 Å². The predicted octanol–water partition coefficient (Wildman–Crippen LogP) is 2.72. The molecule has 0 aromatic heterocycles. The number of rotatable bonds is 0. The average Bonchev–Trinajstić information content (AvgIpc) is 2.27. The second-order valence-electron chi connectivity index (χ2n) is 3.02. The number of hydrogen-bond acceptors (Lipinski definition) is 2. The smallest absolute Gasteiger partial charge is 0.132 e. The van der Waals surface area contributed by atoms with Crippen molar-refractivity contribution in [2.24, 2.45) is 4.99 Å². The lowest BCUT2D eigenvalue weighted by molar-refractivity contribution is 0.442. The topological polar surface area (TPSA) is 21.6 Å². The summed E-state index contributed by atoms with van der Waals surface area (Å²) in [6, 6.07) is 7.85. The lowest BCUT2D eigenvalue weighted by atomic mass is 10.2. The van der Waals surface area contributed by atoms with Crippen LogP contribution in [0.4, 0.5) is 0 Å². The summed E-state index contributed by atoms with van der Waals surface area (Å²) in [6.45, 7) is 4.43. The van der Waals surface area contributed by atoms with E-state index in [0.717, 1.165) is 11.3 Å². The Balaban J connectivity index is 2.39. The number of hydrogen-bond donors (Lipinski definition) is 0. The van der Waals surface area contributed by atoms with Gasteiger partial charge in [-0.25, -0.2) is 0 Å². The zero-order chi connectivity index (χ0) is 9.80. The van der Waals surface area contributed by atoms with Gasteiger partial charge in [0.25, 0.3) is 0 Å². The average molecular weight is 185 g/mol. The number of fused-ring (bicyclic) bond motifs is 1. The Morgan fingerprint density at radius 1 is 1.29 bits per heavy atom. The Bertz CT molecular complexity index is 405. The van der Waals surface area contributed by atoms with Crippen LogP contribution in [-0.4, -0.2) is 6.21 Å². The molecule has 1 heterocycles. The van der Waals surface area contributed by atoms with Crippen LogP contribution in [0.1, 0.15) is 5.56 Å². The number of ether oxygens (including phenoxy) is 1. The number of allylic oxidation sites excluding steroid dienone is 2. The van der Waals surface area contributed by atoms with Gasteiger partial charge in [-0.3, -0.25) is 4.99 Å². The first-order chi connectivity index (χ1) is 6.86. The fourth-order valence-electron chi connectivity index (χ4n) is 1.27. The van der Waals surface area contributed by atoms with Gasteiger partial charge >= 0.3 is 0 Å². The van der Waals surface area contributed by atoms with E-state index in [1.807, 2.05) is 30.3 Å². The van der Waals surface area contributed by atoms with E-state index in [0.29, 0.717) is 12.3 Å². The van der Waals surface area contributed by atoms with E-state index >= 15 is 0 Å². The van der Waals surface area contributed by atoms with Crippen molar-refractivity contribution in [3.05, 3.63) is 54.3 Å². The molecule has 2 heteroatoms. The molecule has 0 unspecified atom stereocenters. The molecule has 0 aliphatic carbocycles. The van der Waals surface area contributed by atoms with Gasteiger partial charge in [0, 0.05) is 11.8 Å². The predicted molar refractivity (Wildman–Crippen MR) is 57.5 cm³/mol. The molecule has 0 amide bonds. The molecule has 2 rings (SSSR count). The van der Waals surface area contributed by atoms with Gasteiger partial charge in [-0.05, 0) is 18.2 Å². The molecule has 70 valence electrons. The van der Waals surface area contributed by atoms with Crippen molar-refractivity contribution in [3.8, 4) is 5.75 Å². The molecule has 1 aliphatic heterocycles. The molecular formula is C12H11NO. The fraction of sp³-hybridized carbons (Fsp3) is 0.0833. The van der Waals surface area contributed by atoms with E-state index in [-0.39, 0.29) is 0 Å². The molecule has 0 saturated heterocycles. The summed E-state index contributed by atoms with van der Waals surface area (Å²) < 4.78 is 5.56. The Kier molecular flexibility index (Phi) is 2.45. The highest BCUT2D eigenvalue weighted by atomic mass is 16.5. The van der Waals surface area contributed by atoms with E-state index < -0.39 is 0 Å². The van der Waals surface area contributed by atoms with E-state index in [1.54, 1.807) is 12.3 Å². The fourth-order valence-corrected chi connectivity index (χ4v) is 1.27. The first-order valence-corrected chi connectivity index (χ1v) is 4.47. The Morgan fingerprint density at radius 2 is 2.14 bits per heavy atom. The molecule has 0 N–H and O–H groups in total. The van der Waals surface area contributed by atoms with Crippen molar-refractivity contribution in [1.82, 2.24) is 0 Å². The summed E-state index contributed by atoms with van der Waals surface area (Å²) in [4.78, 5) is 4.23. The van der Waals surface area contributed by atoms with Gasteiger partial charge in [0.2, 0.25) is 0 Å². The Morgan fingerprint density at radius 3 is 3.07 bits per heavy atom. The Hall–Kier alpha value is -1.83. The molecule has 1 aromatic carbocycles. The molecule has 14 heavy (non-hydrogen) atoms. The zero-order valence-electron chi connectivity index (χ0n) is 7.81. The largest absolute Gasteiger partial charge is 0.458 e. The van der Waals surface area contributed by atoms with Gasteiger partial charge in [-0.15, -0.1) is 0 Å². The van der Waals surface area contributed by atoms with Crippen LogP contribution in [0.2, 0.25) is 0 Å². The quantitative estimate of drug-likeness (QED) is 0.609. The van der Waals surface area contributed by atoms with E-state index in [9.17, 15) is 0 Å². The van der Waals surface area contributed by atoms with Gasteiger partial charge in [-0.1, -0.05) is 24.8 Å². The maximum absolute atomic E-state index is 5.56. The van der Waals surface area contributed by atoms with Crippen LogP contribution in [-0.2, 0) is 6.54 Å². The summed E-state index contributed by atoms with van der Waals surface area (Å²) in [5.74, 6) is 1.46. The van der Waals surface area contributed by atoms with Crippen LogP contribution in [0.3, 0.4) is 0 Å². The van der Waals surface area contributed by atoms with E-state index in [4.69, 9.17) is 4.74 Å². The van der Waals surface area contributed by atoms with Crippen molar-refractivity contribution >= 4 is 6.21 Å². The third-order valence-corrected chi connectivity index (χ3v) is 1.95. The van der Waals surface area contributed by atoms with Crippen LogP contribution < -0.4 is 4.74 Å². The highest BCUT2D eigenvalue weighted by Gasteiger charge is 2.03. The molecule has 0 spiro atoms. The molecule has 0 radical (unpaired) electrons. The minimum atomic E-state index is 0.630. The number of nitrogens with zero attached hydrogens (tertiary/aromatic N) is 1. The van der Waals surface area contributed by atoms with E-state index in [1.165, 1.54) is 0 Å². The highest BCUT2D eigenvalue weighted by Crippen LogP contribution is 2.21. The van der Waals surface area contributed by atoms with Crippen molar-refractivity contribution in [3.63, 3.8) is 0 Å². The summed E-state index contributed by atoms with van der Waals surface area (Å²) >= 11 is 0. The summed E-state index contributed by atoms with van der Waals surface area (Å²) in [5, 5.41) is 0. The standard InChI is InChI=1S/C12H11NO/c1-10-5-4-8-13-9-11-6-2-3-7-12(11)14-10/h2-8H,1,9H2/b5-4-,13-8?. The molecule has 0 atom stereocenters. The normalized spacial score (nSPS) is 17.3. The van der Waals surface area contributed by atoms with Gasteiger partial charge < -0.3 is 4.74 Å². The minimum absolute atomic E-state index is 0.630. The summed E-state index contributed by atoms with van der Waals surface area (Å²) in [5.41, 5.74) is 1.08. The first-order valence-electron chi connectivity index (χ1n) is 4.47. The van der Waals surface area contributed by atoms with Gasteiger partial charge in [0.1, 0.15) is 11.5 Å². The number of benzene rings is 1.